The molecule has 1 N–H and O–H groups in total. The van der Waals surface area contributed by atoms with Gasteiger partial charge >= 0.3 is 0 Å². The molecular weight excluding hydrogens is 250 g/mol. The Labute approximate surface area is 121 Å². The molecule has 2 heterocycles. The molecule has 4 heteroatoms. The zero-order valence-corrected chi connectivity index (χ0v) is 12.6. The second-order valence-electron chi connectivity index (χ2n) is 5.45. The summed E-state index contributed by atoms with van der Waals surface area (Å²) in [4.78, 5) is 18.8. The van der Waals surface area contributed by atoms with Gasteiger partial charge in [0.05, 0.1) is 17.4 Å². The van der Waals surface area contributed by atoms with Crippen molar-refractivity contribution in [2.24, 2.45) is 5.92 Å². The molecule has 1 amide bonds. The van der Waals surface area contributed by atoms with Crippen LogP contribution < -0.4 is 5.32 Å². The van der Waals surface area contributed by atoms with Crippen molar-refractivity contribution >= 4 is 11.6 Å². The molecule has 1 fully saturated rings. The van der Waals surface area contributed by atoms with E-state index in [1.165, 1.54) is 12.8 Å². The number of hydrogen-bond acceptors (Lipinski definition) is 3. The lowest BCUT2D eigenvalue weighted by Gasteiger charge is -2.22. The van der Waals surface area contributed by atoms with E-state index in [4.69, 9.17) is 0 Å². The summed E-state index contributed by atoms with van der Waals surface area (Å²) < 4.78 is 0. The summed E-state index contributed by atoms with van der Waals surface area (Å²) in [6, 6.07) is 1.82. The minimum atomic E-state index is 0.139. The van der Waals surface area contributed by atoms with Gasteiger partial charge in [-0.3, -0.25) is 9.78 Å². The SMILES string of the molecule is CCNc1cnccc1C(=O)N1CCCC(CC)CC1. The molecule has 2 rings (SSSR count). The minimum absolute atomic E-state index is 0.139. The van der Waals surface area contributed by atoms with E-state index in [0.717, 1.165) is 49.6 Å². The molecule has 0 spiro atoms. The van der Waals surface area contributed by atoms with Crippen LogP contribution in [-0.2, 0) is 0 Å². The highest BCUT2D eigenvalue weighted by Crippen LogP contribution is 2.23. The second-order valence-corrected chi connectivity index (χ2v) is 5.45. The first kappa shape index (κ1) is 14.8. The first-order valence-corrected chi connectivity index (χ1v) is 7.73. The van der Waals surface area contributed by atoms with Crippen LogP contribution in [0.2, 0.25) is 0 Å². The number of carbonyl (C=O) groups is 1. The van der Waals surface area contributed by atoms with Gasteiger partial charge in [0, 0.05) is 25.8 Å². The van der Waals surface area contributed by atoms with Gasteiger partial charge in [-0.2, -0.15) is 0 Å². The number of likely N-dealkylation sites (tertiary alicyclic amines) is 1. The van der Waals surface area contributed by atoms with Crippen molar-refractivity contribution in [3.8, 4) is 0 Å². The molecule has 110 valence electrons. The van der Waals surface area contributed by atoms with Gasteiger partial charge in [0.2, 0.25) is 0 Å². The Balaban J connectivity index is 2.10. The molecule has 20 heavy (non-hydrogen) atoms. The van der Waals surface area contributed by atoms with Crippen molar-refractivity contribution in [3.63, 3.8) is 0 Å². The zero-order chi connectivity index (χ0) is 14.4. The van der Waals surface area contributed by atoms with Crippen LogP contribution in [0.25, 0.3) is 0 Å². The Morgan fingerprint density at radius 3 is 3.00 bits per heavy atom. The number of pyridine rings is 1. The Hall–Kier alpha value is -1.58. The average Bonchev–Trinajstić information content (AvgIpc) is 2.73. The van der Waals surface area contributed by atoms with Crippen LogP contribution in [-0.4, -0.2) is 35.4 Å². The molecule has 4 nitrogen and oxygen atoms in total. The van der Waals surface area contributed by atoms with Crippen LogP contribution in [0.1, 0.15) is 49.9 Å². The zero-order valence-electron chi connectivity index (χ0n) is 12.6. The topological polar surface area (TPSA) is 45.2 Å². The van der Waals surface area contributed by atoms with E-state index in [1.807, 2.05) is 17.9 Å². The Kier molecular flexibility index (Phi) is 5.39. The monoisotopic (exact) mass is 275 g/mol. The fourth-order valence-electron chi connectivity index (χ4n) is 2.86. The van der Waals surface area contributed by atoms with Gasteiger partial charge in [-0.25, -0.2) is 0 Å². The summed E-state index contributed by atoms with van der Waals surface area (Å²) in [7, 11) is 0. The lowest BCUT2D eigenvalue weighted by atomic mass is 9.98. The third-order valence-corrected chi connectivity index (χ3v) is 4.13. The Morgan fingerprint density at radius 2 is 2.25 bits per heavy atom. The van der Waals surface area contributed by atoms with E-state index in [0.29, 0.717) is 0 Å². The van der Waals surface area contributed by atoms with E-state index in [9.17, 15) is 4.79 Å². The highest BCUT2D eigenvalue weighted by molar-refractivity contribution is 5.99. The largest absolute Gasteiger partial charge is 0.383 e. The predicted molar refractivity (Wildman–Crippen MR) is 81.9 cm³/mol. The van der Waals surface area contributed by atoms with Crippen LogP contribution in [0.4, 0.5) is 5.69 Å². The van der Waals surface area contributed by atoms with E-state index in [-0.39, 0.29) is 5.91 Å². The standard InChI is InChI=1S/C16H25N3O/c1-3-13-6-5-10-19(11-8-13)16(20)14-7-9-17-12-15(14)18-4-2/h7,9,12-13,18H,3-6,8,10-11H2,1-2H3. The fourth-order valence-corrected chi connectivity index (χ4v) is 2.86. The van der Waals surface area contributed by atoms with E-state index < -0.39 is 0 Å². The smallest absolute Gasteiger partial charge is 0.256 e. The molecule has 1 saturated heterocycles. The molecule has 1 aromatic heterocycles. The number of aromatic nitrogens is 1. The molecule has 0 radical (unpaired) electrons. The van der Waals surface area contributed by atoms with Crippen molar-refractivity contribution in [1.29, 1.82) is 0 Å². The number of anilines is 1. The van der Waals surface area contributed by atoms with Crippen LogP contribution in [0, 0.1) is 5.92 Å². The number of hydrogen-bond donors (Lipinski definition) is 1. The number of rotatable bonds is 4. The van der Waals surface area contributed by atoms with Crippen molar-refractivity contribution in [1.82, 2.24) is 9.88 Å². The Bertz CT molecular complexity index is 447. The van der Waals surface area contributed by atoms with E-state index in [2.05, 4.69) is 17.2 Å². The molecule has 0 aromatic carbocycles. The summed E-state index contributed by atoms with van der Waals surface area (Å²) in [5.74, 6) is 0.915. The Morgan fingerprint density at radius 1 is 1.40 bits per heavy atom. The van der Waals surface area contributed by atoms with Gasteiger partial charge in [0.1, 0.15) is 0 Å². The second kappa shape index (κ2) is 7.27. The maximum Gasteiger partial charge on any atom is 0.256 e. The third kappa shape index (κ3) is 3.50. The molecule has 0 saturated carbocycles. The van der Waals surface area contributed by atoms with Gasteiger partial charge in [-0.15, -0.1) is 0 Å². The molecule has 1 atom stereocenters. The summed E-state index contributed by atoms with van der Waals surface area (Å²) >= 11 is 0. The van der Waals surface area contributed by atoms with Gasteiger partial charge in [-0.05, 0) is 38.2 Å². The molecule has 0 aliphatic carbocycles. The number of carbonyl (C=O) groups excluding carboxylic acids is 1. The summed E-state index contributed by atoms with van der Waals surface area (Å²) in [5, 5.41) is 3.22. The molecule has 1 aliphatic rings. The van der Waals surface area contributed by atoms with E-state index in [1.54, 1.807) is 12.4 Å². The van der Waals surface area contributed by atoms with Crippen molar-refractivity contribution in [2.45, 2.75) is 39.5 Å². The summed E-state index contributed by atoms with van der Waals surface area (Å²) in [6.45, 7) is 6.83. The van der Waals surface area contributed by atoms with Crippen LogP contribution in [0.3, 0.4) is 0 Å². The average molecular weight is 275 g/mol. The first-order valence-electron chi connectivity index (χ1n) is 7.73. The molecule has 1 aromatic rings. The summed E-state index contributed by atoms with van der Waals surface area (Å²) in [5.41, 5.74) is 1.59. The highest BCUT2D eigenvalue weighted by Gasteiger charge is 2.22. The van der Waals surface area contributed by atoms with Crippen molar-refractivity contribution < 1.29 is 4.79 Å². The van der Waals surface area contributed by atoms with Crippen LogP contribution >= 0.6 is 0 Å². The van der Waals surface area contributed by atoms with Crippen LogP contribution in [0.5, 0.6) is 0 Å². The van der Waals surface area contributed by atoms with Crippen LogP contribution in [0.15, 0.2) is 18.5 Å². The molecule has 1 unspecified atom stereocenters. The highest BCUT2D eigenvalue weighted by atomic mass is 16.2. The third-order valence-electron chi connectivity index (χ3n) is 4.13. The van der Waals surface area contributed by atoms with Gasteiger partial charge in [0.15, 0.2) is 0 Å². The fraction of sp³-hybridized carbons (Fsp3) is 0.625. The lowest BCUT2D eigenvalue weighted by molar-refractivity contribution is 0.0760. The normalized spacial score (nSPS) is 19.5. The van der Waals surface area contributed by atoms with Crippen molar-refractivity contribution in [2.75, 3.05) is 25.0 Å². The van der Waals surface area contributed by atoms with E-state index >= 15 is 0 Å². The lowest BCUT2D eigenvalue weighted by Crippen LogP contribution is -2.32. The minimum Gasteiger partial charge on any atom is -0.383 e. The first-order chi connectivity index (χ1) is 9.76. The maximum atomic E-state index is 12.7. The predicted octanol–water partition coefficient (Wildman–Crippen LogP) is 3.17. The number of amides is 1. The van der Waals surface area contributed by atoms with Crippen molar-refractivity contribution in [3.05, 3.63) is 24.0 Å². The number of nitrogens with one attached hydrogen (secondary N) is 1. The number of nitrogens with zero attached hydrogens (tertiary/aromatic N) is 2. The summed E-state index contributed by atoms with van der Waals surface area (Å²) in [6.07, 6.45) is 8.15. The van der Waals surface area contributed by atoms with Gasteiger partial charge in [-0.1, -0.05) is 13.3 Å². The molecule has 0 bridgehead atoms. The molecular formula is C16H25N3O. The van der Waals surface area contributed by atoms with Gasteiger partial charge in [0.25, 0.3) is 5.91 Å². The maximum absolute atomic E-state index is 12.7. The quantitative estimate of drug-likeness (QED) is 0.918. The molecule has 1 aliphatic heterocycles. The van der Waals surface area contributed by atoms with Gasteiger partial charge < -0.3 is 10.2 Å².